The zero-order valence-corrected chi connectivity index (χ0v) is 20.9. The number of thioether (sulfide) groups is 1. The predicted molar refractivity (Wildman–Crippen MR) is 143 cm³/mol. The van der Waals surface area contributed by atoms with E-state index in [1.54, 1.807) is 41.0 Å². The van der Waals surface area contributed by atoms with Gasteiger partial charge in [0.1, 0.15) is 0 Å². The Morgan fingerprint density at radius 3 is 2.61 bits per heavy atom. The number of aryl methyl sites for hydroxylation is 2. The second-order valence-electron chi connectivity index (χ2n) is 9.01. The molecule has 0 aliphatic heterocycles. The second kappa shape index (κ2) is 9.99. The third-order valence-electron chi connectivity index (χ3n) is 5.99. The number of hydrogen-bond acceptors (Lipinski definition) is 5. The van der Waals surface area contributed by atoms with E-state index in [2.05, 4.69) is 10.6 Å². The van der Waals surface area contributed by atoms with Crippen molar-refractivity contribution in [3.63, 3.8) is 0 Å². The maximum Gasteiger partial charge on any atom is 0.266 e. The predicted octanol–water partition coefficient (Wildman–Crippen LogP) is 4.63. The van der Waals surface area contributed by atoms with Crippen molar-refractivity contribution in [2.24, 2.45) is 0 Å². The highest BCUT2D eigenvalue weighted by molar-refractivity contribution is 7.99. The Kier molecular flexibility index (Phi) is 6.61. The summed E-state index contributed by atoms with van der Waals surface area (Å²) in [5, 5.41) is 6.77. The van der Waals surface area contributed by atoms with Gasteiger partial charge in [-0.3, -0.25) is 19.0 Å². The van der Waals surface area contributed by atoms with Crippen LogP contribution in [0.1, 0.15) is 34.3 Å². The van der Waals surface area contributed by atoms with E-state index in [-0.39, 0.29) is 29.2 Å². The molecule has 0 saturated heterocycles. The summed E-state index contributed by atoms with van der Waals surface area (Å²) in [6.07, 6.45) is 2.02. The minimum Gasteiger partial charge on any atom is -0.349 e. The van der Waals surface area contributed by atoms with Crippen LogP contribution in [0.5, 0.6) is 0 Å². The lowest BCUT2D eigenvalue weighted by molar-refractivity contribution is -0.113. The number of carbonyl (C=O) groups excluding carboxylic acids is 2. The SMILES string of the molecule is Cc1ccc(-n2c(SCC(=O)Nc3cccc(C(=O)NC4CC4)c3)nc3ccccc3c2=O)c(C)c1. The first-order valence-corrected chi connectivity index (χ1v) is 12.8. The first-order chi connectivity index (χ1) is 17.4. The summed E-state index contributed by atoms with van der Waals surface area (Å²) in [7, 11) is 0. The van der Waals surface area contributed by atoms with Crippen LogP contribution < -0.4 is 16.2 Å². The molecule has 5 rings (SSSR count). The van der Waals surface area contributed by atoms with Crippen molar-refractivity contribution in [3.05, 3.63) is 93.8 Å². The molecule has 0 atom stereocenters. The van der Waals surface area contributed by atoms with Crippen LogP contribution in [0.25, 0.3) is 16.6 Å². The summed E-state index contributed by atoms with van der Waals surface area (Å²) in [5.74, 6) is -0.344. The number of carbonyl (C=O) groups is 2. The van der Waals surface area contributed by atoms with Crippen molar-refractivity contribution in [3.8, 4) is 5.69 Å². The smallest absolute Gasteiger partial charge is 0.266 e. The molecular weight excluding hydrogens is 472 g/mol. The van der Waals surface area contributed by atoms with E-state index in [1.165, 1.54) is 11.8 Å². The average molecular weight is 499 g/mol. The Balaban J connectivity index is 1.39. The van der Waals surface area contributed by atoms with Crippen LogP contribution in [0, 0.1) is 13.8 Å². The fourth-order valence-electron chi connectivity index (χ4n) is 4.04. The summed E-state index contributed by atoms with van der Waals surface area (Å²) in [4.78, 5) is 43.3. The number of hydrogen-bond donors (Lipinski definition) is 2. The number of para-hydroxylation sites is 1. The van der Waals surface area contributed by atoms with Crippen molar-refractivity contribution in [1.82, 2.24) is 14.9 Å². The summed E-state index contributed by atoms with van der Waals surface area (Å²) in [5.41, 5.74) is 4.24. The van der Waals surface area contributed by atoms with Gasteiger partial charge in [-0.05, 0) is 68.7 Å². The van der Waals surface area contributed by atoms with Crippen molar-refractivity contribution in [2.75, 3.05) is 11.1 Å². The minimum atomic E-state index is -0.255. The van der Waals surface area contributed by atoms with Gasteiger partial charge < -0.3 is 10.6 Å². The number of fused-ring (bicyclic) bond motifs is 1. The first kappa shape index (κ1) is 23.8. The number of amides is 2. The van der Waals surface area contributed by atoms with Gasteiger partial charge in [-0.1, -0.05) is 47.7 Å². The van der Waals surface area contributed by atoms with Gasteiger partial charge in [0.2, 0.25) is 5.91 Å². The van der Waals surface area contributed by atoms with E-state index >= 15 is 0 Å². The summed E-state index contributed by atoms with van der Waals surface area (Å²) in [6.45, 7) is 3.96. The zero-order chi connectivity index (χ0) is 25.2. The molecule has 0 radical (unpaired) electrons. The van der Waals surface area contributed by atoms with Gasteiger partial charge in [-0.15, -0.1) is 0 Å². The van der Waals surface area contributed by atoms with Gasteiger partial charge >= 0.3 is 0 Å². The highest BCUT2D eigenvalue weighted by atomic mass is 32.2. The molecule has 1 heterocycles. The van der Waals surface area contributed by atoms with Crippen molar-refractivity contribution >= 4 is 40.2 Å². The lowest BCUT2D eigenvalue weighted by Gasteiger charge is -2.15. The number of nitrogens with zero attached hydrogens (tertiary/aromatic N) is 2. The Hall–Kier alpha value is -3.91. The minimum absolute atomic E-state index is 0.0498. The fourth-order valence-corrected chi connectivity index (χ4v) is 4.85. The van der Waals surface area contributed by atoms with E-state index in [0.717, 1.165) is 29.7 Å². The molecule has 7 nitrogen and oxygen atoms in total. The molecule has 2 N–H and O–H groups in total. The Bertz CT molecular complexity index is 1540. The number of nitrogens with one attached hydrogen (secondary N) is 2. The largest absolute Gasteiger partial charge is 0.349 e. The van der Waals surface area contributed by atoms with E-state index in [4.69, 9.17) is 4.98 Å². The lowest BCUT2D eigenvalue weighted by atomic mass is 10.1. The van der Waals surface area contributed by atoms with E-state index < -0.39 is 0 Å². The molecule has 1 aromatic heterocycles. The van der Waals surface area contributed by atoms with Gasteiger partial charge in [0.25, 0.3) is 11.5 Å². The van der Waals surface area contributed by atoms with Crippen LogP contribution in [0.15, 0.2) is 76.7 Å². The summed E-state index contributed by atoms with van der Waals surface area (Å²) in [6, 6.07) is 20.2. The molecule has 36 heavy (non-hydrogen) atoms. The highest BCUT2D eigenvalue weighted by Gasteiger charge is 2.24. The Morgan fingerprint density at radius 1 is 1.03 bits per heavy atom. The molecule has 1 aliphatic rings. The van der Waals surface area contributed by atoms with Gasteiger partial charge in [0, 0.05) is 17.3 Å². The fraction of sp³-hybridized carbons (Fsp3) is 0.214. The third kappa shape index (κ3) is 5.18. The summed E-state index contributed by atoms with van der Waals surface area (Å²) < 4.78 is 1.58. The second-order valence-corrected chi connectivity index (χ2v) is 9.95. The quantitative estimate of drug-likeness (QED) is 0.286. The molecular formula is C28H26N4O3S. The van der Waals surface area contributed by atoms with Crippen molar-refractivity contribution in [1.29, 1.82) is 0 Å². The van der Waals surface area contributed by atoms with E-state index in [9.17, 15) is 14.4 Å². The van der Waals surface area contributed by atoms with Crippen LogP contribution in [0.4, 0.5) is 5.69 Å². The zero-order valence-electron chi connectivity index (χ0n) is 20.1. The topological polar surface area (TPSA) is 93.1 Å². The molecule has 2 amide bonds. The van der Waals surface area contributed by atoms with Crippen LogP contribution in [-0.2, 0) is 4.79 Å². The molecule has 0 unspecified atom stereocenters. The summed E-state index contributed by atoms with van der Waals surface area (Å²) >= 11 is 1.20. The molecule has 0 bridgehead atoms. The lowest BCUT2D eigenvalue weighted by Crippen LogP contribution is -2.25. The standard InChI is InChI=1S/C28H26N4O3S/c1-17-10-13-24(18(2)14-17)32-27(35)22-8-3-4-9-23(22)31-28(32)36-16-25(33)29-21-7-5-6-19(15-21)26(34)30-20-11-12-20/h3-10,13-15,20H,11-12,16H2,1-2H3,(H,29,33)(H,30,34). The number of rotatable bonds is 7. The average Bonchev–Trinajstić information content (AvgIpc) is 3.68. The third-order valence-corrected chi connectivity index (χ3v) is 6.93. The number of aromatic nitrogens is 2. The van der Waals surface area contributed by atoms with Crippen molar-refractivity contribution in [2.45, 2.75) is 37.9 Å². The molecule has 3 aromatic carbocycles. The Labute approximate surface area is 212 Å². The van der Waals surface area contributed by atoms with Gasteiger partial charge in [0.05, 0.1) is 22.3 Å². The molecule has 1 saturated carbocycles. The first-order valence-electron chi connectivity index (χ1n) is 11.8. The maximum atomic E-state index is 13.5. The highest BCUT2D eigenvalue weighted by Crippen LogP contribution is 2.24. The van der Waals surface area contributed by atoms with Crippen LogP contribution in [0.2, 0.25) is 0 Å². The Morgan fingerprint density at radius 2 is 1.83 bits per heavy atom. The van der Waals surface area contributed by atoms with Crippen LogP contribution in [-0.4, -0.2) is 33.2 Å². The molecule has 8 heteroatoms. The van der Waals surface area contributed by atoms with Gasteiger partial charge in [-0.25, -0.2) is 4.98 Å². The van der Waals surface area contributed by atoms with Crippen molar-refractivity contribution < 1.29 is 9.59 Å². The number of anilines is 1. The molecule has 0 spiro atoms. The van der Waals surface area contributed by atoms with Crippen LogP contribution >= 0.6 is 11.8 Å². The molecule has 182 valence electrons. The normalized spacial score (nSPS) is 12.9. The van der Waals surface area contributed by atoms with E-state index in [1.807, 2.05) is 44.2 Å². The molecule has 1 fully saturated rings. The van der Waals surface area contributed by atoms with Crippen LogP contribution in [0.3, 0.4) is 0 Å². The monoisotopic (exact) mass is 498 g/mol. The van der Waals surface area contributed by atoms with Gasteiger partial charge in [0.15, 0.2) is 5.16 Å². The van der Waals surface area contributed by atoms with Gasteiger partial charge in [-0.2, -0.15) is 0 Å². The van der Waals surface area contributed by atoms with E-state index in [0.29, 0.717) is 27.3 Å². The molecule has 1 aliphatic carbocycles. The molecule has 4 aromatic rings. The maximum absolute atomic E-state index is 13.5. The number of benzene rings is 3.